The minimum atomic E-state index is -1.50. The van der Waals surface area contributed by atoms with E-state index in [1.165, 1.54) is 11.1 Å². The number of nitrogens with zero attached hydrogens (tertiary/aromatic N) is 4. The van der Waals surface area contributed by atoms with Crippen molar-refractivity contribution in [2.75, 3.05) is 0 Å². The molecule has 0 saturated heterocycles. The average molecular weight is 248 g/mol. The van der Waals surface area contributed by atoms with Gasteiger partial charge in [-0.3, -0.25) is 0 Å². The van der Waals surface area contributed by atoms with Gasteiger partial charge >= 0.3 is 0 Å². The zero-order valence-corrected chi connectivity index (χ0v) is 10.5. The van der Waals surface area contributed by atoms with Gasteiger partial charge in [-0.15, -0.1) is 0 Å². The molecule has 19 heavy (non-hydrogen) atoms. The molecule has 4 nitrogen and oxygen atoms in total. The Bertz CT molecular complexity index is 560. The van der Waals surface area contributed by atoms with Crippen molar-refractivity contribution in [3.63, 3.8) is 0 Å². The van der Waals surface area contributed by atoms with E-state index in [1.807, 2.05) is 24.3 Å². The Morgan fingerprint density at radius 3 is 1.42 bits per heavy atom. The molecule has 0 amide bonds. The predicted molar refractivity (Wildman–Crippen MR) is 64.4 cm³/mol. The Morgan fingerprint density at radius 1 is 0.737 bits per heavy atom. The summed E-state index contributed by atoms with van der Waals surface area (Å²) in [5.74, 6) is 0.966. The van der Waals surface area contributed by atoms with Gasteiger partial charge in [-0.05, 0) is 31.1 Å². The maximum atomic E-state index is 9.43. The first-order chi connectivity index (χ1) is 9.15. The summed E-state index contributed by atoms with van der Waals surface area (Å²) in [5.41, 5.74) is -0.583. The van der Waals surface area contributed by atoms with Gasteiger partial charge in [-0.2, -0.15) is 21.0 Å². The van der Waals surface area contributed by atoms with Gasteiger partial charge in [0.05, 0.1) is 24.3 Å². The third-order valence-corrected chi connectivity index (χ3v) is 5.23. The van der Waals surface area contributed by atoms with Crippen LogP contribution in [0.15, 0.2) is 11.1 Å². The lowest BCUT2D eigenvalue weighted by molar-refractivity contribution is 0.258. The molecule has 3 aliphatic carbocycles. The molecular weight excluding hydrogens is 236 g/mol. The van der Waals surface area contributed by atoms with Gasteiger partial charge in [0, 0.05) is 12.8 Å². The van der Waals surface area contributed by atoms with Crippen molar-refractivity contribution in [1.29, 1.82) is 21.0 Å². The monoisotopic (exact) mass is 248 g/mol. The quantitative estimate of drug-likeness (QED) is 0.615. The molecule has 0 N–H and O–H groups in total. The first-order valence-corrected chi connectivity index (χ1v) is 6.52. The summed E-state index contributed by atoms with van der Waals surface area (Å²) >= 11 is 0. The van der Waals surface area contributed by atoms with Crippen LogP contribution in [-0.2, 0) is 0 Å². The fourth-order valence-electron chi connectivity index (χ4n) is 4.12. The fourth-order valence-corrected chi connectivity index (χ4v) is 4.12. The van der Waals surface area contributed by atoms with E-state index in [9.17, 15) is 21.0 Å². The number of rotatable bonds is 0. The normalized spacial score (nSPS) is 32.6. The lowest BCUT2D eigenvalue weighted by Crippen LogP contribution is -2.42. The molecule has 1 fully saturated rings. The first kappa shape index (κ1) is 11.8. The third kappa shape index (κ3) is 1.19. The molecular formula is C15H12N4. The molecule has 0 aromatic carbocycles. The van der Waals surface area contributed by atoms with Crippen LogP contribution in [0.3, 0.4) is 0 Å². The van der Waals surface area contributed by atoms with Gasteiger partial charge in [-0.25, -0.2) is 0 Å². The molecule has 1 saturated carbocycles. The predicted octanol–water partition coefficient (Wildman–Crippen LogP) is 2.57. The van der Waals surface area contributed by atoms with Gasteiger partial charge in [0.25, 0.3) is 0 Å². The summed E-state index contributed by atoms with van der Waals surface area (Å²) in [5, 5.41) is 37.7. The Labute approximate surface area is 112 Å². The maximum Gasteiger partial charge on any atom is 0.179 e. The van der Waals surface area contributed by atoms with Crippen molar-refractivity contribution in [2.45, 2.75) is 32.1 Å². The van der Waals surface area contributed by atoms with Crippen LogP contribution in [0, 0.1) is 68.0 Å². The SMILES string of the molecule is N#CC1(C#N)CC2=C(CC1(C#N)C#N)C1CCC2C1. The molecule has 0 aromatic rings. The van der Waals surface area contributed by atoms with E-state index in [0.717, 1.165) is 19.3 Å². The lowest BCUT2D eigenvalue weighted by atomic mass is 9.55. The van der Waals surface area contributed by atoms with Crippen LogP contribution in [-0.4, -0.2) is 0 Å². The first-order valence-electron chi connectivity index (χ1n) is 6.52. The standard InChI is InChI=1S/C15H12N4/c16-6-14(7-17)4-12-10-1-2-11(3-10)13(12)5-15(14,8-18)9-19/h10-11H,1-5H2. The minimum Gasteiger partial charge on any atom is -0.196 e. The summed E-state index contributed by atoms with van der Waals surface area (Å²) in [6.45, 7) is 0. The molecule has 4 heteroatoms. The minimum absolute atomic E-state index is 0.289. The van der Waals surface area contributed by atoms with Crippen LogP contribution in [0.5, 0.6) is 0 Å². The van der Waals surface area contributed by atoms with E-state index in [0.29, 0.717) is 11.8 Å². The molecule has 3 rings (SSSR count). The molecule has 2 unspecified atom stereocenters. The van der Waals surface area contributed by atoms with Crippen molar-refractivity contribution < 1.29 is 0 Å². The van der Waals surface area contributed by atoms with Gasteiger partial charge in [0.15, 0.2) is 10.8 Å². The summed E-state index contributed by atoms with van der Waals surface area (Å²) in [7, 11) is 0. The van der Waals surface area contributed by atoms with E-state index in [2.05, 4.69) is 0 Å². The highest BCUT2D eigenvalue weighted by molar-refractivity contribution is 5.47. The number of fused-ring (bicyclic) bond motifs is 4. The smallest absolute Gasteiger partial charge is 0.179 e. The van der Waals surface area contributed by atoms with Crippen LogP contribution in [0.2, 0.25) is 0 Å². The van der Waals surface area contributed by atoms with E-state index in [1.54, 1.807) is 0 Å². The van der Waals surface area contributed by atoms with Crippen LogP contribution >= 0.6 is 0 Å². The van der Waals surface area contributed by atoms with E-state index < -0.39 is 10.8 Å². The zero-order valence-electron chi connectivity index (χ0n) is 10.5. The van der Waals surface area contributed by atoms with Gasteiger partial charge in [0.1, 0.15) is 0 Å². The molecule has 0 radical (unpaired) electrons. The van der Waals surface area contributed by atoms with Gasteiger partial charge < -0.3 is 0 Å². The Hall–Kier alpha value is -2.30. The molecule has 0 heterocycles. The highest BCUT2D eigenvalue weighted by atomic mass is 14.6. The van der Waals surface area contributed by atoms with Crippen LogP contribution in [0.1, 0.15) is 32.1 Å². The van der Waals surface area contributed by atoms with Crippen LogP contribution in [0.4, 0.5) is 0 Å². The Balaban J connectivity index is 2.17. The van der Waals surface area contributed by atoms with Gasteiger partial charge in [0.2, 0.25) is 0 Å². The van der Waals surface area contributed by atoms with Crippen LogP contribution < -0.4 is 0 Å². The number of hydrogen-bond acceptors (Lipinski definition) is 4. The van der Waals surface area contributed by atoms with Crippen molar-refractivity contribution in [2.24, 2.45) is 22.7 Å². The topological polar surface area (TPSA) is 95.2 Å². The second-order valence-electron chi connectivity index (χ2n) is 5.87. The molecule has 92 valence electrons. The molecule has 2 atom stereocenters. The molecule has 0 aromatic heterocycles. The maximum absolute atomic E-state index is 9.43. The average Bonchev–Trinajstić information content (AvgIpc) is 3.06. The largest absolute Gasteiger partial charge is 0.196 e. The summed E-state index contributed by atoms with van der Waals surface area (Å²) in [6, 6.07) is 7.97. The second kappa shape index (κ2) is 3.60. The zero-order chi connectivity index (χ0) is 13.7. The van der Waals surface area contributed by atoms with E-state index in [4.69, 9.17) is 0 Å². The number of allylic oxidation sites excluding steroid dienone is 2. The van der Waals surface area contributed by atoms with E-state index in [-0.39, 0.29) is 12.8 Å². The highest BCUT2D eigenvalue weighted by Crippen LogP contribution is 2.61. The molecule has 2 bridgehead atoms. The second-order valence-corrected chi connectivity index (χ2v) is 5.87. The molecule has 0 aliphatic heterocycles. The Kier molecular flexibility index (Phi) is 2.23. The summed E-state index contributed by atoms with van der Waals surface area (Å²) in [4.78, 5) is 0. The summed E-state index contributed by atoms with van der Waals surface area (Å²) < 4.78 is 0. The molecule has 0 spiro atoms. The van der Waals surface area contributed by atoms with Crippen molar-refractivity contribution in [3.05, 3.63) is 11.1 Å². The summed E-state index contributed by atoms with van der Waals surface area (Å²) in [6.07, 6.45) is 3.92. The van der Waals surface area contributed by atoms with Crippen LogP contribution in [0.25, 0.3) is 0 Å². The lowest BCUT2D eigenvalue weighted by Gasteiger charge is -2.39. The number of hydrogen-bond donors (Lipinski definition) is 0. The van der Waals surface area contributed by atoms with Crippen molar-refractivity contribution >= 4 is 0 Å². The Morgan fingerprint density at radius 2 is 1.11 bits per heavy atom. The third-order valence-electron chi connectivity index (χ3n) is 5.23. The van der Waals surface area contributed by atoms with E-state index >= 15 is 0 Å². The number of nitriles is 4. The van der Waals surface area contributed by atoms with Crippen molar-refractivity contribution in [1.82, 2.24) is 0 Å². The fraction of sp³-hybridized carbons (Fsp3) is 0.600. The highest BCUT2D eigenvalue weighted by Gasteiger charge is 2.61. The van der Waals surface area contributed by atoms with Gasteiger partial charge in [-0.1, -0.05) is 11.1 Å². The molecule has 3 aliphatic rings. The van der Waals surface area contributed by atoms with Crippen molar-refractivity contribution in [3.8, 4) is 24.3 Å².